The number of rotatable bonds is 4. The fourth-order valence-electron chi connectivity index (χ4n) is 5.04. The summed E-state index contributed by atoms with van der Waals surface area (Å²) in [5.74, 6) is 0.855. The van der Waals surface area contributed by atoms with Gasteiger partial charge >= 0.3 is 0 Å². The molecule has 0 radical (unpaired) electrons. The smallest absolute Gasteiger partial charge is 0.272 e. The Kier molecular flexibility index (Phi) is 4.73. The molecule has 5 rings (SSSR count). The van der Waals surface area contributed by atoms with Crippen molar-refractivity contribution < 1.29 is 4.79 Å². The number of likely N-dealkylation sites (tertiary alicyclic amines) is 2. The number of amides is 1. The molecule has 2 saturated heterocycles. The highest BCUT2D eigenvalue weighted by Crippen LogP contribution is 2.38. The van der Waals surface area contributed by atoms with Crippen LogP contribution in [0.15, 0.2) is 16.9 Å². The van der Waals surface area contributed by atoms with Crippen molar-refractivity contribution in [1.82, 2.24) is 24.4 Å². The summed E-state index contributed by atoms with van der Waals surface area (Å²) in [6, 6.07) is 4.29. The van der Waals surface area contributed by atoms with Gasteiger partial charge in [-0.2, -0.15) is 0 Å². The van der Waals surface area contributed by atoms with Crippen LogP contribution in [0.1, 0.15) is 75.7 Å². The number of H-pyrrole nitrogens is 1. The van der Waals surface area contributed by atoms with E-state index in [1.54, 1.807) is 10.6 Å². The first-order valence-corrected chi connectivity index (χ1v) is 11.2. The van der Waals surface area contributed by atoms with Crippen molar-refractivity contribution in [1.29, 1.82) is 0 Å². The van der Waals surface area contributed by atoms with Gasteiger partial charge in [-0.1, -0.05) is 0 Å². The van der Waals surface area contributed by atoms with E-state index in [0.29, 0.717) is 17.6 Å². The lowest BCUT2D eigenvalue weighted by Crippen LogP contribution is -2.38. The van der Waals surface area contributed by atoms with Crippen molar-refractivity contribution in [3.63, 3.8) is 0 Å². The van der Waals surface area contributed by atoms with Gasteiger partial charge in [-0.3, -0.25) is 14.7 Å². The largest absolute Gasteiger partial charge is 0.334 e. The van der Waals surface area contributed by atoms with Gasteiger partial charge in [-0.15, -0.1) is 0 Å². The number of piperidine rings is 1. The molecule has 7 nitrogen and oxygen atoms in total. The average Bonchev–Trinajstić information content (AvgIpc) is 3.28. The second-order valence-electron chi connectivity index (χ2n) is 9.29. The number of carbonyl (C=O) groups excluding carboxylic acids is 1. The zero-order valence-corrected chi connectivity index (χ0v) is 17.4. The zero-order valence-electron chi connectivity index (χ0n) is 17.4. The van der Waals surface area contributed by atoms with E-state index in [1.165, 1.54) is 0 Å². The third kappa shape index (κ3) is 3.50. The highest BCUT2D eigenvalue weighted by atomic mass is 16.2. The van der Waals surface area contributed by atoms with Crippen LogP contribution < -0.4 is 5.56 Å². The number of nitrogens with one attached hydrogen (secondary N) is 1. The topological polar surface area (TPSA) is 73.7 Å². The van der Waals surface area contributed by atoms with E-state index in [9.17, 15) is 9.59 Å². The van der Waals surface area contributed by atoms with Crippen LogP contribution in [0.4, 0.5) is 0 Å². The van der Waals surface area contributed by atoms with E-state index in [2.05, 4.69) is 23.8 Å². The molecule has 3 fully saturated rings. The highest BCUT2D eigenvalue weighted by molar-refractivity contribution is 5.81. The quantitative estimate of drug-likeness (QED) is 0.861. The number of aromatic nitrogens is 3. The van der Waals surface area contributed by atoms with E-state index in [-0.39, 0.29) is 23.4 Å². The van der Waals surface area contributed by atoms with Crippen molar-refractivity contribution >= 4 is 11.6 Å². The molecule has 4 heterocycles. The second-order valence-corrected chi connectivity index (χ2v) is 9.29. The fraction of sp³-hybridized carbons (Fsp3) is 0.682. The van der Waals surface area contributed by atoms with Crippen LogP contribution in [0.25, 0.3) is 5.65 Å². The molecule has 2 aromatic heterocycles. The van der Waals surface area contributed by atoms with E-state index in [0.717, 1.165) is 69.5 Å². The second kappa shape index (κ2) is 7.27. The van der Waals surface area contributed by atoms with Crippen molar-refractivity contribution in [3.8, 4) is 0 Å². The van der Waals surface area contributed by atoms with Gasteiger partial charge in [-0.25, -0.2) is 9.50 Å². The Morgan fingerprint density at radius 3 is 2.55 bits per heavy atom. The number of fused-ring (bicyclic) bond motifs is 1. The molecule has 1 saturated carbocycles. The third-order valence-corrected chi connectivity index (χ3v) is 6.99. The molecule has 2 aliphatic heterocycles. The minimum atomic E-state index is -0.0550. The molecule has 0 spiro atoms. The van der Waals surface area contributed by atoms with E-state index in [4.69, 9.17) is 4.98 Å². The molecular weight excluding hydrogens is 366 g/mol. The maximum atomic E-state index is 12.8. The molecule has 29 heavy (non-hydrogen) atoms. The molecule has 0 unspecified atom stereocenters. The van der Waals surface area contributed by atoms with Crippen LogP contribution in [-0.2, 0) is 4.79 Å². The monoisotopic (exact) mass is 397 g/mol. The van der Waals surface area contributed by atoms with Crippen LogP contribution in [-0.4, -0.2) is 56.0 Å². The molecule has 0 aromatic carbocycles. The minimum absolute atomic E-state index is 0.0435. The predicted octanol–water partition coefficient (Wildman–Crippen LogP) is 2.68. The predicted molar refractivity (Wildman–Crippen MR) is 111 cm³/mol. The normalized spacial score (nSPS) is 24.1. The molecule has 1 atom stereocenters. The molecule has 156 valence electrons. The fourth-order valence-corrected chi connectivity index (χ4v) is 5.04. The lowest BCUT2D eigenvalue weighted by atomic mass is 9.92. The Balaban J connectivity index is 1.40. The lowest BCUT2D eigenvalue weighted by Gasteiger charge is -2.34. The van der Waals surface area contributed by atoms with Crippen LogP contribution in [0.5, 0.6) is 0 Å². The summed E-state index contributed by atoms with van der Waals surface area (Å²) in [6.45, 7) is 7.40. The molecule has 2 aromatic rings. The van der Waals surface area contributed by atoms with Crippen molar-refractivity contribution in [2.45, 2.75) is 70.4 Å². The molecular formula is C22H31N5O2. The van der Waals surface area contributed by atoms with Gasteiger partial charge in [-0.05, 0) is 65.5 Å². The summed E-state index contributed by atoms with van der Waals surface area (Å²) in [4.78, 5) is 34.8. The van der Waals surface area contributed by atoms with Gasteiger partial charge in [0.15, 0.2) is 5.65 Å². The number of nitrogens with zero attached hydrogens (tertiary/aromatic N) is 4. The van der Waals surface area contributed by atoms with Crippen molar-refractivity contribution in [2.24, 2.45) is 5.92 Å². The maximum absolute atomic E-state index is 12.8. The molecule has 0 bridgehead atoms. The summed E-state index contributed by atoms with van der Waals surface area (Å²) < 4.78 is 1.54. The van der Waals surface area contributed by atoms with E-state index >= 15 is 0 Å². The molecule has 1 aliphatic carbocycles. The summed E-state index contributed by atoms with van der Waals surface area (Å²) in [5, 5.41) is 3.24. The number of hydrogen-bond donors (Lipinski definition) is 1. The molecule has 3 aliphatic rings. The van der Waals surface area contributed by atoms with Crippen LogP contribution in [0, 0.1) is 5.92 Å². The molecule has 7 heteroatoms. The van der Waals surface area contributed by atoms with Gasteiger partial charge in [0.25, 0.3) is 5.56 Å². The first-order chi connectivity index (χ1) is 14.0. The third-order valence-electron chi connectivity index (χ3n) is 6.99. The van der Waals surface area contributed by atoms with Crippen LogP contribution >= 0.6 is 0 Å². The Bertz CT molecular complexity index is 965. The molecule has 1 amide bonds. The summed E-state index contributed by atoms with van der Waals surface area (Å²) in [5.41, 5.74) is 2.48. The van der Waals surface area contributed by atoms with Crippen LogP contribution in [0.2, 0.25) is 0 Å². The Labute approximate surface area is 171 Å². The summed E-state index contributed by atoms with van der Waals surface area (Å²) in [6.07, 6.45) is 6.10. The van der Waals surface area contributed by atoms with Gasteiger partial charge in [0.1, 0.15) is 0 Å². The summed E-state index contributed by atoms with van der Waals surface area (Å²) in [7, 11) is 0. The average molecular weight is 398 g/mol. The standard InChI is InChI=1S/C22H31N5O2/c1-14(2)25-10-7-15(8-11-25)17-13-21(28)27-20(23-17)12-18(24-27)19-4-3-9-26(19)22(29)16-5-6-16/h12-16,19,24H,3-11H2,1-2H3/t19-/m0/s1. The first-order valence-electron chi connectivity index (χ1n) is 11.2. The number of hydrogen-bond acceptors (Lipinski definition) is 4. The maximum Gasteiger partial charge on any atom is 0.272 e. The van der Waals surface area contributed by atoms with E-state index in [1.807, 2.05) is 11.0 Å². The highest BCUT2D eigenvalue weighted by Gasteiger charge is 2.39. The van der Waals surface area contributed by atoms with Crippen molar-refractivity contribution in [3.05, 3.63) is 33.9 Å². The Morgan fingerprint density at radius 1 is 1.10 bits per heavy atom. The number of aromatic amines is 1. The SMILES string of the molecule is CC(C)N1CCC(c2cc(=O)n3[nH]c([C@@H]4CCCN4C(=O)C4CC4)cc3n2)CC1. The van der Waals surface area contributed by atoms with E-state index < -0.39 is 0 Å². The number of carbonyl (C=O) groups is 1. The van der Waals surface area contributed by atoms with Gasteiger partial charge < -0.3 is 9.80 Å². The van der Waals surface area contributed by atoms with Crippen LogP contribution in [0.3, 0.4) is 0 Å². The Hall–Kier alpha value is -2.15. The lowest BCUT2D eigenvalue weighted by molar-refractivity contribution is -0.133. The zero-order chi connectivity index (χ0) is 20.1. The van der Waals surface area contributed by atoms with Gasteiger partial charge in [0.2, 0.25) is 5.91 Å². The Morgan fingerprint density at radius 2 is 1.86 bits per heavy atom. The molecule has 1 N–H and O–H groups in total. The van der Waals surface area contributed by atoms with Gasteiger partial charge in [0.05, 0.1) is 17.4 Å². The minimum Gasteiger partial charge on any atom is -0.334 e. The first kappa shape index (κ1) is 18.9. The van der Waals surface area contributed by atoms with Gasteiger partial charge in [0, 0.05) is 36.6 Å². The van der Waals surface area contributed by atoms with Crippen molar-refractivity contribution in [2.75, 3.05) is 19.6 Å². The summed E-state index contributed by atoms with van der Waals surface area (Å²) >= 11 is 0.